The number of carbonyl (C=O) groups excluding carboxylic acids is 2. The van der Waals surface area contributed by atoms with Crippen LogP contribution in [0.3, 0.4) is 0 Å². The van der Waals surface area contributed by atoms with Gasteiger partial charge in [0.2, 0.25) is 15.9 Å². The number of aromatic nitrogens is 1. The third kappa shape index (κ3) is 6.66. The molecule has 1 saturated heterocycles. The lowest BCUT2D eigenvalue weighted by Gasteiger charge is -2.41. The van der Waals surface area contributed by atoms with Gasteiger partial charge in [-0.25, -0.2) is 18.0 Å². The Labute approximate surface area is 200 Å². The molecule has 2 atom stereocenters. The molecule has 2 amide bonds. The van der Waals surface area contributed by atoms with Crippen LogP contribution in [-0.4, -0.2) is 94.9 Å². The van der Waals surface area contributed by atoms with Gasteiger partial charge in [0.05, 0.1) is 0 Å². The number of hydrogen-bond acceptors (Lipinski definition) is 7. The first-order chi connectivity index (χ1) is 15.6. The molecule has 190 valence electrons. The largest absolute Gasteiger partial charge is 0.480 e. The number of likely N-dealkylation sites (N-methyl/N-ethyl adjacent to an activating group) is 1. The first-order valence-corrected chi connectivity index (χ1v) is 12.5. The number of ether oxygens (including phenoxy) is 1. The first kappa shape index (κ1) is 27.5. The monoisotopic (exact) mass is 498 g/mol. The molecule has 2 rings (SSSR count). The van der Waals surface area contributed by atoms with Gasteiger partial charge in [-0.15, -0.1) is 0 Å². The van der Waals surface area contributed by atoms with Crippen molar-refractivity contribution in [2.45, 2.75) is 63.6 Å². The van der Waals surface area contributed by atoms with Crippen molar-refractivity contribution >= 4 is 28.0 Å². The fourth-order valence-electron chi connectivity index (χ4n) is 3.62. The van der Waals surface area contributed by atoms with Gasteiger partial charge >= 0.3 is 12.1 Å². The standard InChI is InChI=1S/C22H34N4O7S/c1-15(2)12-17(24(6)21(30)33-22(3,4)5)19(27)26-11-10-25(14-18(26)20(28)29)34(31,32)16-8-7-9-23-13-16/h7-9,13,15,17-18H,10-12,14H2,1-6H3,(H,28,29)/t17-,18+/m0/s1. The predicted molar refractivity (Wildman–Crippen MR) is 123 cm³/mol. The Morgan fingerprint density at radius 3 is 2.41 bits per heavy atom. The molecule has 1 fully saturated rings. The molecule has 0 unspecified atom stereocenters. The lowest BCUT2D eigenvalue weighted by atomic mass is 10.00. The summed E-state index contributed by atoms with van der Waals surface area (Å²) in [7, 11) is -2.54. The molecule has 2 heterocycles. The Hall–Kier alpha value is -2.73. The van der Waals surface area contributed by atoms with E-state index in [0.29, 0.717) is 0 Å². The highest BCUT2D eigenvalue weighted by Crippen LogP contribution is 2.23. The second-order valence-electron chi connectivity index (χ2n) is 9.67. The zero-order valence-corrected chi connectivity index (χ0v) is 21.3. The smallest absolute Gasteiger partial charge is 0.410 e. The summed E-state index contributed by atoms with van der Waals surface area (Å²) in [5.74, 6) is -1.87. The van der Waals surface area contributed by atoms with Crippen molar-refractivity contribution in [1.29, 1.82) is 0 Å². The van der Waals surface area contributed by atoms with Crippen molar-refractivity contribution in [2.75, 3.05) is 26.7 Å². The van der Waals surface area contributed by atoms with Gasteiger partial charge in [0.25, 0.3) is 0 Å². The van der Waals surface area contributed by atoms with Gasteiger partial charge in [-0.2, -0.15) is 4.31 Å². The minimum absolute atomic E-state index is 0.0226. The summed E-state index contributed by atoms with van der Waals surface area (Å²) >= 11 is 0. The number of aliphatic carboxylic acids is 1. The zero-order valence-electron chi connectivity index (χ0n) is 20.5. The quantitative estimate of drug-likeness (QED) is 0.599. The van der Waals surface area contributed by atoms with Crippen LogP contribution in [0.4, 0.5) is 4.79 Å². The van der Waals surface area contributed by atoms with Crippen molar-refractivity contribution in [3.05, 3.63) is 24.5 Å². The Balaban J connectivity index is 2.30. The average Bonchev–Trinajstić information content (AvgIpc) is 2.75. The van der Waals surface area contributed by atoms with E-state index in [2.05, 4.69) is 4.98 Å². The highest BCUT2D eigenvalue weighted by atomic mass is 32.2. The summed E-state index contributed by atoms with van der Waals surface area (Å²) in [6, 6.07) is 0.488. The lowest BCUT2D eigenvalue weighted by Crippen LogP contribution is -2.63. The molecule has 0 radical (unpaired) electrons. The molecule has 12 heteroatoms. The Bertz CT molecular complexity index is 992. The first-order valence-electron chi connectivity index (χ1n) is 11.0. The maximum atomic E-state index is 13.5. The number of carbonyl (C=O) groups is 3. The van der Waals surface area contributed by atoms with Gasteiger partial charge in [-0.05, 0) is 45.2 Å². The summed E-state index contributed by atoms with van der Waals surface area (Å²) in [4.78, 5) is 44.3. The summed E-state index contributed by atoms with van der Waals surface area (Å²) in [5, 5.41) is 9.84. The van der Waals surface area contributed by atoms with Crippen molar-refractivity contribution in [3.63, 3.8) is 0 Å². The molecule has 1 aliphatic rings. The van der Waals surface area contributed by atoms with E-state index >= 15 is 0 Å². The molecule has 0 saturated carbocycles. The molecule has 1 aliphatic heterocycles. The average molecular weight is 499 g/mol. The van der Waals surface area contributed by atoms with Gasteiger partial charge in [0.1, 0.15) is 22.6 Å². The topological polar surface area (TPSA) is 137 Å². The maximum Gasteiger partial charge on any atom is 0.410 e. The number of hydrogen-bond donors (Lipinski definition) is 1. The van der Waals surface area contributed by atoms with Crippen LogP contribution in [-0.2, 0) is 24.3 Å². The van der Waals surface area contributed by atoms with Crippen LogP contribution in [0.1, 0.15) is 41.0 Å². The second kappa shape index (κ2) is 10.7. The van der Waals surface area contributed by atoms with Crippen LogP contribution in [0.25, 0.3) is 0 Å². The molecule has 34 heavy (non-hydrogen) atoms. The fraction of sp³-hybridized carbons (Fsp3) is 0.636. The van der Waals surface area contributed by atoms with E-state index in [0.717, 1.165) is 9.21 Å². The molecule has 1 N–H and O–H groups in total. The van der Waals surface area contributed by atoms with E-state index < -0.39 is 52.2 Å². The summed E-state index contributed by atoms with van der Waals surface area (Å²) in [6.07, 6.45) is 2.22. The number of sulfonamides is 1. The maximum absolute atomic E-state index is 13.5. The zero-order chi connectivity index (χ0) is 25.8. The molecule has 0 bridgehead atoms. The highest BCUT2D eigenvalue weighted by molar-refractivity contribution is 7.89. The van der Waals surface area contributed by atoms with E-state index in [9.17, 15) is 27.9 Å². The van der Waals surface area contributed by atoms with Crippen LogP contribution in [0.15, 0.2) is 29.4 Å². The van der Waals surface area contributed by atoms with Gasteiger partial charge < -0.3 is 14.7 Å². The predicted octanol–water partition coefficient (Wildman–Crippen LogP) is 1.65. The van der Waals surface area contributed by atoms with Gasteiger partial charge in [0, 0.05) is 39.1 Å². The molecular weight excluding hydrogens is 464 g/mol. The minimum Gasteiger partial charge on any atom is -0.480 e. The summed E-state index contributed by atoms with van der Waals surface area (Å²) in [6.45, 7) is 8.26. The molecule has 0 aromatic carbocycles. The Morgan fingerprint density at radius 1 is 1.26 bits per heavy atom. The number of piperazine rings is 1. The number of carboxylic acid groups (broad SMARTS) is 1. The molecular formula is C22H34N4O7S. The van der Waals surface area contributed by atoms with E-state index in [-0.39, 0.29) is 30.3 Å². The Kier molecular flexibility index (Phi) is 8.65. The van der Waals surface area contributed by atoms with Crippen LogP contribution in [0.2, 0.25) is 0 Å². The third-order valence-electron chi connectivity index (χ3n) is 5.31. The van der Waals surface area contributed by atoms with Gasteiger partial charge in [0.15, 0.2) is 0 Å². The van der Waals surface area contributed by atoms with E-state index in [1.807, 2.05) is 13.8 Å². The summed E-state index contributed by atoms with van der Waals surface area (Å²) < 4.78 is 32.4. The molecule has 1 aromatic rings. The molecule has 11 nitrogen and oxygen atoms in total. The van der Waals surface area contributed by atoms with Crippen molar-refractivity contribution in [2.24, 2.45) is 5.92 Å². The number of rotatable bonds is 7. The van der Waals surface area contributed by atoms with Gasteiger partial charge in [-0.1, -0.05) is 13.8 Å². The van der Waals surface area contributed by atoms with Crippen LogP contribution in [0.5, 0.6) is 0 Å². The van der Waals surface area contributed by atoms with E-state index in [1.54, 1.807) is 20.8 Å². The normalized spacial score (nSPS) is 18.4. The van der Waals surface area contributed by atoms with Crippen LogP contribution >= 0.6 is 0 Å². The summed E-state index contributed by atoms with van der Waals surface area (Å²) in [5.41, 5.74) is -0.771. The fourth-order valence-corrected chi connectivity index (χ4v) is 5.03. The lowest BCUT2D eigenvalue weighted by molar-refractivity contribution is -0.155. The van der Waals surface area contributed by atoms with Crippen molar-refractivity contribution in [1.82, 2.24) is 19.1 Å². The second-order valence-corrected chi connectivity index (χ2v) is 11.6. The molecule has 0 aliphatic carbocycles. The minimum atomic E-state index is -3.98. The van der Waals surface area contributed by atoms with Crippen molar-refractivity contribution in [3.8, 4) is 0 Å². The number of amides is 2. The van der Waals surface area contributed by atoms with Gasteiger partial charge in [-0.3, -0.25) is 14.7 Å². The number of carboxylic acids is 1. The molecule has 0 spiro atoms. The SMILES string of the molecule is CC(C)C[C@@H](C(=O)N1CCN(S(=O)(=O)c2cccnc2)C[C@@H]1C(=O)O)N(C)C(=O)OC(C)(C)C. The Morgan fingerprint density at radius 2 is 1.91 bits per heavy atom. The van der Waals surface area contributed by atoms with E-state index in [1.165, 1.54) is 36.5 Å². The van der Waals surface area contributed by atoms with Crippen molar-refractivity contribution < 1.29 is 32.6 Å². The highest BCUT2D eigenvalue weighted by Gasteiger charge is 2.43. The molecule has 1 aromatic heterocycles. The number of pyridine rings is 1. The number of nitrogens with zero attached hydrogens (tertiary/aromatic N) is 4. The van der Waals surface area contributed by atoms with Crippen LogP contribution < -0.4 is 0 Å². The van der Waals surface area contributed by atoms with E-state index in [4.69, 9.17) is 4.74 Å². The third-order valence-corrected chi connectivity index (χ3v) is 7.16. The van der Waals surface area contributed by atoms with Crippen LogP contribution in [0, 0.1) is 5.92 Å².